The molecule has 0 aliphatic heterocycles. The van der Waals surface area contributed by atoms with Crippen molar-refractivity contribution in [2.24, 2.45) is 0 Å². The number of likely N-dealkylation sites (N-methyl/N-ethyl adjacent to an activating group) is 1. The summed E-state index contributed by atoms with van der Waals surface area (Å²) < 4.78 is 5.23. The second-order valence-electron chi connectivity index (χ2n) is 5.97. The minimum absolute atomic E-state index is 0.0733. The number of para-hydroxylation sites is 2. The van der Waals surface area contributed by atoms with Crippen LogP contribution in [-0.2, 0) is 16.1 Å². The van der Waals surface area contributed by atoms with Gasteiger partial charge in [0.2, 0.25) is 0 Å². The number of rotatable bonds is 9. The molecule has 0 bridgehead atoms. The largest absolute Gasteiger partial charge is 0.495 e. The SMILES string of the molecule is CC[NH+](CC(=O)NCc1ccccc1)CC(=O)Nc1ccccc1OC. The zero-order valence-electron chi connectivity index (χ0n) is 15.2. The number of carbonyl (C=O) groups excluding carboxylic acids is 2. The van der Waals surface area contributed by atoms with E-state index in [-0.39, 0.29) is 24.9 Å². The molecule has 0 spiro atoms. The van der Waals surface area contributed by atoms with Gasteiger partial charge in [-0.3, -0.25) is 9.59 Å². The summed E-state index contributed by atoms with van der Waals surface area (Å²) in [5.41, 5.74) is 1.68. The number of anilines is 1. The highest BCUT2D eigenvalue weighted by atomic mass is 16.5. The molecule has 2 amide bonds. The van der Waals surface area contributed by atoms with Gasteiger partial charge in [-0.15, -0.1) is 0 Å². The fraction of sp³-hybridized carbons (Fsp3) is 0.300. The Morgan fingerprint density at radius 3 is 2.31 bits per heavy atom. The first-order valence-corrected chi connectivity index (χ1v) is 8.69. The zero-order valence-corrected chi connectivity index (χ0v) is 15.2. The predicted molar refractivity (Wildman–Crippen MR) is 101 cm³/mol. The molecular formula is C20H26N3O3+. The van der Waals surface area contributed by atoms with E-state index in [1.807, 2.05) is 49.4 Å². The summed E-state index contributed by atoms with van der Waals surface area (Å²) in [6.07, 6.45) is 0. The Labute approximate surface area is 154 Å². The van der Waals surface area contributed by atoms with Crippen molar-refractivity contribution >= 4 is 17.5 Å². The number of quaternary nitrogens is 1. The van der Waals surface area contributed by atoms with Gasteiger partial charge in [-0.05, 0) is 24.6 Å². The maximum absolute atomic E-state index is 12.3. The van der Waals surface area contributed by atoms with Crippen LogP contribution in [0.15, 0.2) is 54.6 Å². The van der Waals surface area contributed by atoms with Crippen LogP contribution in [0, 0.1) is 0 Å². The van der Waals surface area contributed by atoms with E-state index in [1.165, 1.54) is 0 Å². The fourth-order valence-corrected chi connectivity index (χ4v) is 2.57. The Balaban J connectivity index is 1.82. The lowest BCUT2D eigenvalue weighted by Gasteiger charge is -2.17. The molecule has 2 aromatic carbocycles. The maximum atomic E-state index is 12.3. The second-order valence-corrected chi connectivity index (χ2v) is 5.97. The average molecular weight is 356 g/mol. The summed E-state index contributed by atoms with van der Waals surface area (Å²) in [7, 11) is 1.56. The van der Waals surface area contributed by atoms with Crippen LogP contribution in [0.3, 0.4) is 0 Å². The van der Waals surface area contributed by atoms with Gasteiger partial charge < -0.3 is 20.3 Å². The molecule has 0 aromatic heterocycles. The molecule has 2 rings (SSSR count). The molecule has 1 atom stereocenters. The molecule has 0 fully saturated rings. The number of benzene rings is 2. The lowest BCUT2D eigenvalue weighted by Crippen LogP contribution is -3.13. The number of nitrogens with one attached hydrogen (secondary N) is 3. The van der Waals surface area contributed by atoms with Gasteiger partial charge in [0.1, 0.15) is 5.75 Å². The number of carbonyl (C=O) groups is 2. The van der Waals surface area contributed by atoms with E-state index in [1.54, 1.807) is 19.2 Å². The van der Waals surface area contributed by atoms with Gasteiger partial charge in [0.25, 0.3) is 11.8 Å². The molecule has 3 N–H and O–H groups in total. The van der Waals surface area contributed by atoms with Gasteiger partial charge in [0.15, 0.2) is 13.1 Å². The Morgan fingerprint density at radius 1 is 0.962 bits per heavy atom. The van der Waals surface area contributed by atoms with Crippen LogP contribution in [0.25, 0.3) is 0 Å². The molecule has 138 valence electrons. The lowest BCUT2D eigenvalue weighted by atomic mass is 10.2. The zero-order chi connectivity index (χ0) is 18.8. The fourth-order valence-electron chi connectivity index (χ4n) is 2.57. The molecule has 0 saturated carbocycles. The first-order chi connectivity index (χ1) is 12.6. The number of amides is 2. The molecule has 0 radical (unpaired) electrons. The van der Waals surface area contributed by atoms with E-state index in [4.69, 9.17) is 4.74 Å². The van der Waals surface area contributed by atoms with E-state index in [0.29, 0.717) is 24.5 Å². The van der Waals surface area contributed by atoms with Crippen LogP contribution in [0.2, 0.25) is 0 Å². The van der Waals surface area contributed by atoms with Crippen molar-refractivity contribution in [2.45, 2.75) is 13.5 Å². The van der Waals surface area contributed by atoms with Crippen LogP contribution in [0.4, 0.5) is 5.69 Å². The monoisotopic (exact) mass is 356 g/mol. The number of hydrogen-bond donors (Lipinski definition) is 3. The van der Waals surface area contributed by atoms with Crippen LogP contribution in [-0.4, -0.2) is 38.6 Å². The number of hydrogen-bond acceptors (Lipinski definition) is 3. The summed E-state index contributed by atoms with van der Waals surface area (Å²) >= 11 is 0. The van der Waals surface area contributed by atoms with Crippen molar-refractivity contribution in [3.05, 3.63) is 60.2 Å². The first kappa shape index (κ1) is 19.5. The van der Waals surface area contributed by atoms with E-state index in [0.717, 1.165) is 10.5 Å². The van der Waals surface area contributed by atoms with E-state index in [2.05, 4.69) is 10.6 Å². The topological polar surface area (TPSA) is 71.9 Å². The second kappa shape index (κ2) is 10.2. The number of methoxy groups -OCH3 is 1. The van der Waals surface area contributed by atoms with E-state index in [9.17, 15) is 9.59 Å². The summed E-state index contributed by atoms with van der Waals surface area (Å²) in [6, 6.07) is 17.0. The molecular weight excluding hydrogens is 330 g/mol. The average Bonchev–Trinajstić information content (AvgIpc) is 2.67. The van der Waals surface area contributed by atoms with E-state index >= 15 is 0 Å². The molecule has 26 heavy (non-hydrogen) atoms. The molecule has 0 aliphatic rings. The summed E-state index contributed by atoms with van der Waals surface area (Å²) in [5.74, 6) is 0.387. The third-order valence-corrected chi connectivity index (χ3v) is 4.03. The van der Waals surface area contributed by atoms with Crippen LogP contribution in [0.1, 0.15) is 12.5 Å². The molecule has 1 unspecified atom stereocenters. The van der Waals surface area contributed by atoms with Crippen LogP contribution >= 0.6 is 0 Å². The highest BCUT2D eigenvalue weighted by Gasteiger charge is 2.17. The highest BCUT2D eigenvalue weighted by molar-refractivity contribution is 5.93. The smallest absolute Gasteiger partial charge is 0.279 e. The van der Waals surface area contributed by atoms with Crippen molar-refractivity contribution < 1.29 is 19.2 Å². The van der Waals surface area contributed by atoms with Gasteiger partial charge in [-0.1, -0.05) is 42.5 Å². The Bertz CT molecular complexity index is 719. The van der Waals surface area contributed by atoms with Crippen molar-refractivity contribution in [1.82, 2.24) is 5.32 Å². The minimum atomic E-state index is -0.151. The molecule has 2 aromatic rings. The molecule has 0 saturated heterocycles. The Morgan fingerprint density at radius 2 is 1.62 bits per heavy atom. The summed E-state index contributed by atoms with van der Waals surface area (Å²) in [5, 5.41) is 5.73. The predicted octanol–water partition coefficient (Wildman–Crippen LogP) is 0.855. The summed E-state index contributed by atoms with van der Waals surface area (Å²) in [6.45, 7) is 3.59. The first-order valence-electron chi connectivity index (χ1n) is 8.69. The molecule has 0 aliphatic carbocycles. The quantitative estimate of drug-likeness (QED) is 0.624. The van der Waals surface area contributed by atoms with Gasteiger partial charge in [-0.25, -0.2) is 0 Å². The maximum Gasteiger partial charge on any atom is 0.279 e. The minimum Gasteiger partial charge on any atom is -0.495 e. The van der Waals surface area contributed by atoms with Crippen molar-refractivity contribution in [2.75, 3.05) is 32.1 Å². The standard InChI is InChI=1S/C20H25N3O3/c1-3-23(14-19(24)21-13-16-9-5-4-6-10-16)15-20(25)22-17-11-7-8-12-18(17)26-2/h4-12H,3,13-15H2,1-2H3,(H,21,24)(H,22,25)/p+1. The molecule has 6 heteroatoms. The lowest BCUT2D eigenvalue weighted by molar-refractivity contribution is -0.881. The van der Waals surface area contributed by atoms with Crippen molar-refractivity contribution in [3.63, 3.8) is 0 Å². The normalized spacial score (nSPS) is 11.5. The summed E-state index contributed by atoms with van der Waals surface area (Å²) in [4.78, 5) is 25.3. The number of ether oxygens (including phenoxy) is 1. The third-order valence-electron chi connectivity index (χ3n) is 4.03. The van der Waals surface area contributed by atoms with Crippen LogP contribution < -0.4 is 20.3 Å². The Kier molecular flexibility index (Phi) is 7.64. The third kappa shape index (κ3) is 6.22. The Hall–Kier alpha value is -2.86. The molecule has 0 heterocycles. The van der Waals surface area contributed by atoms with Gasteiger partial charge in [0, 0.05) is 6.54 Å². The highest BCUT2D eigenvalue weighted by Crippen LogP contribution is 2.22. The molecule has 6 nitrogen and oxygen atoms in total. The van der Waals surface area contributed by atoms with Gasteiger partial charge in [0.05, 0.1) is 19.3 Å². The van der Waals surface area contributed by atoms with Crippen LogP contribution in [0.5, 0.6) is 5.75 Å². The van der Waals surface area contributed by atoms with Crippen molar-refractivity contribution in [3.8, 4) is 5.75 Å². The van der Waals surface area contributed by atoms with Crippen molar-refractivity contribution in [1.29, 1.82) is 0 Å². The van der Waals surface area contributed by atoms with Gasteiger partial charge in [-0.2, -0.15) is 0 Å². The van der Waals surface area contributed by atoms with E-state index < -0.39 is 0 Å². The van der Waals surface area contributed by atoms with Gasteiger partial charge >= 0.3 is 0 Å².